The van der Waals surface area contributed by atoms with Gasteiger partial charge in [-0.15, -0.1) is 0 Å². The van der Waals surface area contributed by atoms with E-state index in [1.165, 1.54) is 0 Å². The molecule has 1 unspecified atom stereocenters. The highest BCUT2D eigenvalue weighted by Gasteiger charge is 2.24. The number of carbonyl (C=O) groups excluding carboxylic acids is 1. The van der Waals surface area contributed by atoms with Gasteiger partial charge in [0, 0.05) is 20.2 Å². The molecule has 4 heteroatoms. The van der Waals surface area contributed by atoms with Crippen LogP contribution in [-0.2, 0) is 16.1 Å². The molecule has 1 aliphatic rings. The number of ether oxygens (including phenoxy) is 1. The zero-order chi connectivity index (χ0) is 13.7. The van der Waals surface area contributed by atoms with Gasteiger partial charge in [0.1, 0.15) is 0 Å². The number of hydrogen-bond donors (Lipinski definition) is 0. The molecule has 0 aromatic heterocycles. The summed E-state index contributed by atoms with van der Waals surface area (Å²) in [6.07, 6.45) is 1.86. The Morgan fingerprint density at radius 3 is 3.11 bits per heavy atom. The Morgan fingerprint density at radius 2 is 2.42 bits per heavy atom. The Bertz CT molecular complexity index is 487. The molecule has 0 N–H and O–H groups in total. The van der Waals surface area contributed by atoms with E-state index in [-0.39, 0.29) is 11.8 Å². The maximum Gasteiger partial charge on any atom is 0.228 e. The van der Waals surface area contributed by atoms with Crippen molar-refractivity contribution in [3.8, 4) is 6.07 Å². The second kappa shape index (κ2) is 6.35. The van der Waals surface area contributed by atoms with Crippen LogP contribution in [0.2, 0.25) is 0 Å². The van der Waals surface area contributed by atoms with E-state index in [9.17, 15) is 4.79 Å². The summed E-state index contributed by atoms with van der Waals surface area (Å²) in [5.74, 6) is 0.111. The molecule has 0 bridgehead atoms. The summed E-state index contributed by atoms with van der Waals surface area (Å²) in [6.45, 7) is 1.82. The smallest absolute Gasteiger partial charge is 0.228 e. The van der Waals surface area contributed by atoms with Gasteiger partial charge in [-0.05, 0) is 30.5 Å². The number of benzene rings is 1. The summed E-state index contributed by atoms with van der Waals surface area (Å²) in [5, 5.41) is 8.86. The molecule has 0 radical (unpaired) electrons. The van der Waals surface area contributed by atoms with Crippen LogP contribution in [-0.4, -0.2) is 31.1 Å². The second-order valence-corrected chi connectivity index (χ2v) is 4.92. The molecule has 1 saturated heterocycles. The van der Waals surface area contributed by atoms with E-state index in [4.69, 9.17) is 10.00 Å². The first-order valence-electron chi connectivity index (χ1n) is 6.52. The van der Waals surface area contributed by atoms with Crippen LogP contribution in [0.1, 0.15) is 24.0 Å². The lowest BCUT2D eigenvalue weighted by Gasteiger charge is -2.26. The molecule has 0 saturated carbocycles. The summed E-state index contributed by atoms with van der Waals surface area (Å²) < 4.78 is 5.35. The molecule has 4 nitrogen and oxygen atoms in total. The van der Waals surface area contributed by atoms with Gasteiger partial charge >= 0.3 is 0 Å². The molecule has 2 rings (SSSR count). The summed E-state index contributed by atoms with van der Waals surface area (Å²) in [7, 11) is 1.80. The first-order chi connectivity index (χ1) is 9.20. The van der Waals surface area contributed by atoms with E-state index in [1.54, 1.807) is 18.0 Å². The molecule has 1 heterocycles. The number of hydrogen-bond acceptors (Lipinski definition) is 3. The molecule has 100 valence electrons. The maximum atomic E-state index is 12.2. The van der Waals surface area contributed by atoms with Gasteiger partial charge in [-0.1, -0.05) is 12.1 Å². The van der Waals surface area contributed by atoms with E-state index in [0.717, 1.165) is 25.0 Å². The summed E-state index contributed by atoms with van der Waals surface area (Å²) >= 11 is 0. The molecule has 0 spiro atoms. The fraction of sp³-hybridized carbons (Fsp3) is 0.467. The number of nitrogens with zero attached hydrogens (tertiary/aromatic N) is 2. The normalized spacial score (nSPS) is 18.6. The molecule has 19 heavy (non-hydrogen) atoms. The lowest BCUT2D eigenvalue weighted by molar-refractivity contribution is -0.138. The minimum atomic E-state index is -0.0158. The van der Waals surface area contributed by atoms with Crippen LogP contribution in [0, 0.1) is 17.2 Å². The minimum Gasteiger partial charge on any atom is -0.381 e. The molecule has 1 atom stereocenters. The molecule has 1 amide bonds. The van der Waals surface area contributed by atoms with Crippen LogP contribution in [0.5, 0.6) is 0 Å². The standard InChI is InChI=1S/C15H18N2O2/c1-17(15(18)14-6-3-7-19-11-14)10-13-5-2-4-12(8-13)9-16/h2,4-5,8,14H,3,6-7,10-11H2,1H3. The van der Waals surface area contributed by atoms with Crippen molar-refractivity contribution in [1.29, 1.82) is 5.26 Å². The van der Waals surface area contributed by atoms with Crippen molar-refractivity contribution >= 4 is 5.91 Å². The van der Waals surface area contributed by atoms with E-state index >= 15 is 0 Å². The van der Waals surface area contributed by atoms with Gasteiger partial charge in [0.25, 0.3) is 0 Å². The molecule has 0 aliphatic carbocycles. The highest BCUT2D eigenvalue weighted by Crippen LogP contribution is 2.17. The van der Waals surface area contributed by atoms with E-state index < -0.39 is 0 Å². The first-order valence-corrected chi connectivity index (χ1v) is 6.52. The van der Waals surface area contributed by atoms with Gasteiger partial charge in [0.15, 0.2) is 0 Å². The monoisotopic (exact) mass is 258 g/mol. The molecule has 1 aromatic carbocycles. The second-order valence-electron chi connectivity index (χ2n) is 4.92. The number of nitriles is 1. The van der Waals surface area contributed by atoms with Gasteiger partial charge in [-0.2, -0.15) is 5.26 Å². The minimum absolute atomic E-state index is 0.0158. The Kier molecular flexibility index (Phi) is 4.53. The maximum absolute atomic E-state index is 12.2. The third-order valence-corrected chi connectivity index (χ3v) is 3.36. The van der Waals surface area contributed by atoms with E-state index in [0.29, 0.717) is 18.7 Å². The molecule has 1 fully saturated rings. The van der Waals surface area contributed by atoms with Crippen LogP contribution in [0.25, 0.3) is 0 Å². The van der Waals surface area contributed by atoms with Gasteiger partial charge in [-0.3, -0.25) is 4.79 Å². The Balaban J connectivity index is 1.97. The van der Waals surface area contributed by atoms with Crippen molar-refractivity contribution in [3.63, 3.8) is 0 Å². The predicted octanol–water partition coefficient (Wildman–Crippen LogP) is 1.94. The highest BCUT2D eigenvalue weighted by atomic mass is 16.5. The molecular weight excluding hydrogens is 240 g/mol. The molecule has 1 aromatic rings. The van der Waals surface area contributed by atoms with Crippen LogP contribution >= 0.6 is 0 Å². The summed E-state index contributed by atoms with van der Waals surface area (Å²) in [5.41, 5.74) is 1.60. The Hall–Kier alpha value is -1.86. The van der Waals surface area contributed by atoms with Crippen molar-refractivity contribution in [2.75, 3.05) is 20.3 Å². The van der Waals surface area contributed by atoms with E-state index in [2.05, 4.69) is 6.07 Å². The lowest BCUT2D eigenvalue weighted by Crippen LogP contribution is -2.36. The first kappa shape index (κ1) is 13.6. The fourth-order valence-corrected chi connectivity index (χ4v) is 2.34. The van der Waals surface area contributed by atoms with Crippen LogP contribution < -0.4 is 0 Å². The van der Waals surface area contributed by atoms with Gasteiger partial charge in [-0.25, -0.2) is 0 Å². The largest absolute Gasteiger partial charge is 0.381 e. The van der Waals surface area contributed by atoms with Crippen molar-refractivity contribution < 1.29 is 9.53 Å². The summed E-state index contributed by atoms with van der Waals surface area (Å²) in [4.78, 5) is 14.0. The SMILES string of the molecule is CN(Cc1cccc(C#N)c1)C(=O)C1CCCOC1. The molecular formula is C15H18N2O2. The third-order valence-electron chi connectivity index (χ3n) is 3.36. The third kappa shape index (κ3) is 3.55. The lowest BCUT2D eigenvalue weighted by atomic mass is 10.0. The Labute approximate surface area is 113 Å². The van der Waals surface area contributed by atoms with Gasteiger partial charge in [0.2, 0.25) is 5.91 Å². The van der Waals surface area contributed by atoms with Gasteiger partial charge in [0.05, 0.1) is 24.2 Å². The predicted molar refractivity (Wildman–Crippen MR) is 71.2 cm³/mol. The van der Waals surface area contributed by atoms with Crippen molar-refractivity contribution in [1.82, 2.24) is 4.90 Å². The topological polar surface area (TPSA) is 53.3 Å². The number of rotatable bonds is 3. The van der Waals surface area contributed by atoms with Crippen LogP contribution in [0.3, 0.4) is 0 Å². The molecule has 1 aliphatic heterocycles. The Morgan fingerprint density at radius 1 is 1.58 bits per heavy atom. The van der Waals surface area contributed by atoms with Crippen LogP contribution in [0.4, 0.5) is 0 Å². The average Bonchev–Trinajstić information content (AvgIpc) is 2.47. The quantitative estimate of drug-likeness (QED) is 0.832. The number of carbonyl (C=O) groups is 1. The highest BCUT2D eigenvalue weighted by molar-refractivity contribution is 5.78. The van der Waals surface area contributed by atoms with E-state index in [1.807, 2.05) is 18.2 Å². The van der Waals surface area contributed by atoms with Gasteiger partial charge < -0.3 is 9.64 Å². The fourth-order valence-electron chi connectivity index (χ4n) is 2.34. The van der Waals surface area contributed by atoms with Crippen molar-refractivity contribution in [2.45, 2.75) is 19.4 Å². The zero-order valence-electron chi connectivity index (χ0n) is 11.1. The van der Waals surface area contributed by atoms with Crippen molar-refractivity contribution in [2.24, 2.45) is 5.92 Å². The van der Waals surface area contributed by atoms with Crippen LogP contribution in [0.15, 0.2) is 24.3 Å². The average molecular weight is 258 g/mol. The number of amides is 1. The van der Waals surface area contributed by atoms with Crippen molar-refractivity contribution in [3.05, 3.63) is 35.4 Å². The summed E-state index contributed by atoms with van der Waals surface area (Å²) in [6, 6.07) is 9.47. The zero-order valence-corrected chi connectivity index (χ0v) is 11.1.